The van der Waals surface area contributed by atoms with Crippen molar-refractivity contribution in [3.05, 3.63) is 12.0 Å². The van der Waals surface area contributed by atoms with Crippen LogP contribution in [0.3, 0.4) is 0 Å². The average Bonchev–Trinajstić information content (AvgIpc) is 2.65. The smallest absolute Gasteiger partial charge is 0.337 e. The number of hydrogen-bond acceptors (Lipinski definition) is 5. The molecule has 0 bridgehead atoms. The van der Waals surface area contributed by atoms with E-state index in [0.29, 0.717) is 11.5 Å². The highest BCUT2D eigenvalue weighted by molar-refractivity contribution is 7.91. The first-order valence-electron chi connectivity index (χ1n) is 5.60. The SMILES string of the molecule is CC1=NNC(=O)N(CS(=O)(=O)c2cn(C)c(C)n2)C1. The maximum absolute atomic E-state index is 12.2. The fourth-order valence-corrected chi connectivity index (χ4v) is 2.99. The maximum Gasteiger partial charge on any atom is 0.339 e. The molecule has 8 nitrogen and oxygen atoms in total. The number of aromatic nitrogens is 2. The molecule has 1 aromatic rings. The minimum atomic E-state index is -3.64. The molecule has 0 radical (unpaired) electrons. The van der Waals surface area contributed by atoms with Crippen molar-refractivity contribution >= 4 is 21.6 Å². The number of sulfone groups is 1. The van der Waals surface area contributed by atoms with Crippen molar-refractivity contribution in [1.82, 2.24) is 19.9 Å². The topological polar surface area (TPSA) is 96.7 Å². The highest BCUT2D eigenvalue weighted by atomic mass is 32.2. The van der Waals surface area contributed by atoms with Crippen molar-refractivity contribution in [2.45, 2.75) is 18.9 Å². The molecule has 2 heterocycles. The predicted octanol–water partition coefficient (Wildman–Crippen LogP) is -0.139. The van der Waals surface area contributed by atoms with Crippen LogP contribution < -0.4 is 5.43 Å². The molecule has 1 N–H and O–H groups in total. The van der Waals surface area contributed by atoms with Gasteiger partial charge < -0.3 is 9.47 Å². The minimum Gasteiger partial charge on any atom is -0.337 e. The summed E-state index contributed by atoms with van der Waals surface area (Å²) in [5, 5.41) is 3.72. The summed E-state index contributed by atoms with van der Waals surface area (Å²) in [7, 11) is -1.93. The van der Waals surface area contributed by atoms with Crippen molar-refractivity contribution in [2.75, 3.05) is 12.4 Å². The Morgan fingerprint density at radius 1 is 1.42 bits per heavy atom. The molecule has 1 aliphatic heterocycles. The number of carbonyl (C=O) groups is 1. The molecular formula is C10H15N5O3S. The van der Waals surface area contributed by atoms with Gasteiger partial charge in [-0.25, -0.2) is 23.6 Å². The number of nitrogens with zero attached hydrogens (tertiary/aromatic N) is 4. The monoisotopic (exact) mass is 285 g/mol. The molecule has 0 spiro atoms. The average molecular weight is 285 g/mol. The third-order valence-corrected chi connectivity index (χ3v) is 4.27. The van der Waals surface area contributed by atoms with E-state index in [1.54, 1.807) is 25.5 Å². The normalized spacial score (nSPS) is 16.3. The summed E-state index contributed by atoms with van der Waals surface area (Å²) in [5.74, 6) is 0.182. The first-order valence-corrected chi connectivity index (χ1v) is 7.25. The highest BCUT2D eigenvalue weighted by Crippen LogP contribution is 2.12. The van der Waals surface area contributed by atoms with Gasteiger partial charge in [0, 0.05) is 13.2 Å². The number of imidazole rings is 1. The van der Waals surface area contributed by atoms with Crippen molar-refractivity contribution in [1.29, 1.82) is 0 Å². The van der Waals surface area contributed by atoms with Crippen molar-refractivity contribution in [2.24, 2.45) is 12.1 Å². The van der Waals surface area contributed by atoms with Crippen LogP contribution in [0.5, 0.6) is 0 Å². The number of nitrogens with one attached hydrogen (secondary N) is 1. The Kier molecular flexibility index (Phi) is 3.31. The Labute approximate surface area is 111 Å². The molecular weight excluding hydrogens is 270 g/mol. The lowest BCUT2D eigenvalue weighted by molar-refractivity contribution is 0.209. The molecule has 19 heavy (non-hydrogen) atoms. The Morgan fingerprint density at radius 3 is 2.68 bits per heavy atom. The summed E-state index contributed by atoms with van der Waals surface area (Å²) in [6.07, 6.45) is 1.44. The maximum atomic E-state index is 12.2. The molecule has 0 fully saturated rings. The summed E-state index contributed by atoms with van der Waals surface area (Å²) in [6.45, 7) is 3.62. The third-order valence-electron chi connectivity index (χ3n) is 2.78. The molecule has 0 atom stereocenters. The first kappa shape index (κ1) is 13.5. The minimum absolute atomic E-state index is 0.0273. The Morgan fingerprint density at radius 2 is 2.11 bits per heavy atom. The van der Waals surface area contributed by atoms with Gasteiger partial charge in [0.25, 0.3) is 0 Å². The lowest BCUT2D eigenvalue weighted by atomic mass is 10.4. The van der Waals surface area contributed by atoms with Crippen LogP contribution in [-0.4, -0.2) is 47.0 Å². The van der Waals surface area contributed by atoms with Crippen LogP contribution in [-0.2, 0) is 16.9 Å². The van der Waals surface area contributed by atoms with Gasteiger partial charge in [-0.15, -0.1) is 0 Å². The van der Waals surface area contributed by atoms with E-state index in [0.717, 1.165) is 0 Å². The van der Waals surface area contributed by atoms with Crippen LogP contribution in [0.2, 0.25) is 0 Å². The zero-order valence-corrected chi connectivity index (χ0v) is 11.7. The molecule has 0 aromatic carbocycles. The van der Waals surface area contributed by atoms with Gasteiger partial charge in [0.2, 0.25) is 9.84 Å². The van der Waals surface area contributed by atoms with Gasteiger partial charge in [-0.05, 0) is 13.8 Å². The van der Waals surface area contributed by atoms with E-state index in [1.807, 2.05) is 0 Å². The number of carbonyl (C=O) groups excluding carboxylic acids is 1. The zero-order chi connectivity index (χ0) is 14.2. The molecule has 2 rings (SSSR count). The van der Waals surface area contributed by atoms with Gasteiger partial charge >= 0.3 is 6.03 Å². The fourth-order valence-electron chi connectivity index (χ4n) is 1.65. The van der Waals surface area contributed by atoms with Crippen molar-refractivity contribution in [3.63, 3.8) is 0 Å². The number of amides is 2. The lowest BCUT2D eigenvalue weighted by Gasteiger charge is -2.24. The predicted molar refractivity (Wildman–Crippen MR) is 68.3 cm³/mol. The van der Waals surface area contributed by atoms with Crippen LogP contribution in [0, 0.1) is 6.92 Å². The Bertz CT molecular complexity index is 627. The molecule has 1 aliphatic rings. The summed E-state index contributed by atoms with van der Waals surface area (Å²) < 4.78 is 26.0. The van der Waals surface area contributed by atoms with E-state index >= 15 is 0 Å². The quantitative estimate of drug-likeness (QED) is 0.836. The lowest BCUT2D eigenvalue weighted by Crippen LogP contribution is -2.47. The number of hydrazone groups is 1. The molecule has 104 valence electrons. The van der Waals surface area contributed by atoms with E-state index in [9.17, 15) is 13.2 Å². The number of aryl methyl sites for hydroxylation is 2. The Hall–Kier alpha value is -1.90. The number of rotatable bonds is 3. The van der Waals surface area contributed by atoms with Gasteiger partial charge in [0.05, 0.1) is 12.3 Å². The standard InChI is InChI=1S/C10H15N5O3S/c1-7-4-15(10(16)13-12-7)6-19(17,18)9-5-14(3)8(2)11-9/h5H,4,6H2,1-3H3,(H,13,16). The van der Waals surface area contributed by atoms with Gasteiger partial charge in [0.1, 0.15) is 11.7 Å². The Balaban J connectivity index is 2.22. The summed E-state index contributed by atoms with van der Waals surface area (Å²) in [6, 6.07) is -0.526. The van der Waals surface area contributed by atoms with E-state index in [4.69, 9.17) is 0 Å². The van der Waals surface area contributed by atoms with Crippen LogP contribution in [0.15, 0.2) is 16.3 Å². The van der Waals surface area contributed by atoms with E-state index in [2.05, 4.69) is 15.5 Å². The van der Waals surface area contributed by atoms with Gasteiger partial charge in [0.15, 0.2) is 5.03 Å². The van der Waals surface area contributed by atoms with Gasteiger partial charge in [-0.3, -0.25) is 0 Å². The van der Waals surface area contributed by atoms with Crippen molar-refractivity contribution < 1.29 is 13.2 Å². The fraction of sp³-hybridized carbons (Fsp3) is 0.500. The summed E-state index contributed by atoms with van der Waals surface area (Å²) >= 11 is 0. The second kappa shape index (κ2) is 4.65. The molecule has 1 aromatic heterocycles. The van der Waals surface area contributed by atoms with Gasteiger partial charge in [-0.2, -0.15) is 5.10 Å². The van der Waals surface area contributed by atoms with E-state index in [-0.39, 0.29) is 11.6 Å². The molecule has 0 aliphatic carbocycles. The van der Waals surface area contributed by atoms with Crippen molar-refractivity contribution in [3.8, 4) is 0 Å². The molecule has 0 saturated carbocycles. The number of urea groups is 1. The highest BCUT2D eigenvalue weighted by Gasteiger charge is 2.27. The first-order chi connectivity index (χ1) is 8.79. The van der Waals surface area contributed by atoms with E-state index in [1.165, 1.54) is 11.1 Å². The second-order valence-corrected chi connectivity index (χ2v) is 6.35. The van der Waals surface area contributed by atoms with Crippen LogP contribution in [0.1, 0.15) is 12.7 Å². The molecule has 0 unspecified atom stereocenters. The zero-order valence-electron chi connectivity index (χ0n) is 10.9. The van der Waals surface area contributed by atoms with Gasteiger partial charge in [-0.1, -0.05) is 0 Å². The summed E-state index contributed by atoms with van der Waals surface area (Å²) in [4.78, 5) is 16.7. The largest absolute Gasteiger partial charge is 0.339 e. The number of hydrogen-bond donors (Lipinski definition) is 1. The second-order valence-electron chi connectivity index (χ2n) is 4.44. The van der Waals surface area contributed by atoms with Crippen LogP contribution in [0.25, 0.3) is 0 Å². The third kappa shape index (κ3) is 2.75. The van der Waals surface area contributed by atoms with E-state index < -0.39 is 21.7 Å². The van der Waals surface area contributed by atoms with Crippen LogP contribution in [0.4, 0.5) is 4.79 Å². The van der Waals surface area contributed by atoms with Crippen LogP contribution >= 0.6 is 0 Å². The molecule has 9 heteroatoms. The molecule has 0 saturated heterocycles. The molecule has 2 amide bonds. The summed E-state index contributed by atoms with van der Waals surface area (Å²) in [5.41, 5.74) is 2.90.